The van der Waals surface area contributed by atoms with Gasteiger partial charge in [0.2, 0.25) is 5.88 Å². The number of quaternary nitrogens is 1. The van der Waals surface area contributed by atoms with Gasteiger partial charge in [-0.2, -0.15) is 0 Å². The van der Waals surface area contributed by atoms with Gasteiger partial charge in [0.15, 0.2) is 11.5 Å². The highest BCUT2D eigenvalue weighted by atomic mass is 16.5. The monoisotopic (exact) mass is 405 g/mol. The summed E-state index contributed by atoms with van der Waals surface area (Å²) in [7, 11) is 7.20. The van der Waals surface area contributed by atoms with E-state index in [0.29, 0.717) is 24.5 Å². The maximum atomic E-state index is 12.2. The quantitative estimate of drug-likeness (QED) is 0.363. The van der Waals surface area contributed by atoms with Gasteiger partial charge in [-0.15, -0.1) is 0 Å². The van der Waals surface area contributed by atoms with E-state index in [1.165, 1.54) is 11.1 Å². The predicted octanol–water partition coefficient (Wildman–Crippen LogP) is -0.544. The fourth-order valence-corrected chi connectivity index (χ4v) is 2.86. The number of aromatic hydroxyl groups is 1. The zero-order valence-corrected chi connectivity index (χ0v) is 17.3. The SMILES string of the molecule is COc1ccc(CCn2c(O)c(C=NCCC[NH+](C)C)c(=O)[nH]c2=O)cc1OC. The molecule has 3 N–H and O–H groups in total. The summed E-state index contributed by atoms with van der Waals surface area (Å²) >= 11 is 0. The van der Waals surface area contributed by atoms with E-state index in [-0.39, 0.29) is 18.0 Å². The number of nitrogens with zero attached hydrogens (tertiary/aromatic N) is 2. The molecule has 0 bridgehead atoms. The Morgan fingerprint density at radius 1 is 1.21 bits per heavy atom. The molecule has 0 saturated heterocycles. The Kier molecular flexibility index (Phi) is 8.02. The van der Waals surface area contributed by atoms with Crippen LogP contribution in [0.2, 0.25) is 0 Å². The standard InChI is InChI=1S/C20H28N4O5/c1-23(2)10-5-9-21-13-15-18(25)22-20(27)24(19(15)26)11-8-14-6-7-16(28-3)17(12-14)29-4/h6-7,12-13,26H,5,8-11H2,1-4H3,(H,22,25,27)/p+1. The van der Waals surface area contributed by atoms with Gasteiger partial charge in [0.1, 0.15) is 5.56 Å². The van der Waals surface area contributed by atoms with Crippen LogP contribution >= 0.6 is 0 Å². The number of aliphatic imine (C=N–C) groups is 1. The van der Waals surface area contributed by atoms with Crippen molar-refractivity contribution in [1.29, 1.82) is 0 Å². The fourth-order valence-electron chi connectivity index (χ4n) is 2.86. The molecule has 0 radical (unpaired) electrons. The summed E-state index contributed by atoms with van der Waals surface area (Å²) in [5, 5.41) is 10.5. The van der Waals surface area contributed by atoms with Crippen LogP contribution in [0.3, 0.4) is 0 Å². The first-order valence-corrected chi connectivity index (χ1v) is 9.43. The third-order valence-corrected chi connectivity index (χ3v) is 4.46. The van der Waals surface area contributed by atoms with E-state index in [4.69, 9.17) is 9.47 Å². The molecule has 0 spiro atoms. The van der Waals surface area contributed by atoms with E-state index in [1.54, 1.807) is 20.3 Å². The molecule has 2 aromatic rings. The first-order valence-electron chi connectivity index (χ1n) is 9.43. The minimum Gasteiger partial charge on any atom is -0.494 e. The number of hydrogen-bond acceptors (Lipinski definition) is 6. The summed E-state index contributed by atoms with van der Waals surface area (Å²) in [6, 6.07) is 5.43. The molecule has 0 aliphatic rings. The maximum Gasteiger partial charge on any atom is 0.331 e. The molecule has 0 amide bonds. The number of ether oxygens (including phenoxy) is 2. The van der Waals surface area contributed by atoms with Crippen LogP contribution < -0.4 is 25.6 Å². The average molecular weight is 405 g/mol. The van der Waals surface area contributed by atoms with Crippen molar-refractivity contribution in [3.63, 3.8) is 0 Å². The van der Waals surface area contributed by atoms with Crippen LogP contribution in [0.1, 0.15) is 17.5 Å². The van der Waals surface area contributed by atoms with E-state index in [0.717, 1.165) is 23.1 Å². The van der Waals surface area contributed by atoms with E-state index in [2.05, 4.69) is 24.1 Å². The first-order chi connectivity index (χ1) is 13.9. The van der Waals surface area contributed by atoms with Crippen LogP contribution in [0.25, 0.3) is 0 Å². The Morgan fingerprint density at radius 2 is 1.93 bits per heavy atom. The van der Waals surface area contributed by atoms with Gasteiger partial charge in [0.25, 0.3) is 5.56 Å². The van der Waals surface area contributed by atoms with Crippen molar-refractivity contribution in [3.05, 3.63) is 50.2 Å². The Hall–Kier alpha value is -3.07. The molecule has 2 rings (SSSR count). The van der Waals surface area contributed by atoms with Gasteiger partial charge in [0, 0.05) is 25.7 Å². The van der Waals surface area contributed by atoms with Gasteiger partial charge in [0.05, 0.1) is 34.9 Å². The lowest BCUT2D eigenvalue weighted by Crippen LogP contribution is -3.05. The Balaban J connectivity index is 2.18. The van der Waals surface area contributed by atoms with Gasteiger partial charge in [-0.05, 0) is 24.1 Å². The van der Waals surface area contributed by atoms with Crippen molar-refractivity contribution in [3.8, 4) is 17.4 Å². The van der Waals surface area contributed by atoms with Gasteiger partial charge < -0.3 is 19.5 Å². The van der Waals surface area contributed by atoms with Crippen molar-refractivity contribution in [2.75, 3.05) is 41.4 Å². The Bertz CT molecular complexity index is 962. The van der Waals surface area contributed by atoms with Crippen molar-refractivity contribution in [2.45, 2.75) is 19.4 Å². The molecule has 0 saturated carbocycles. The van der Waals surface area contributed by atoms with Crippen molar-refractivity contribution in [1.82, 2.24) is 9.55 Å². The molecule has 0 fully saturated rings. The predicted molar refractivity (Wildman–Crippen MR) is 111 cm³/mol. The minimum atomic E-state index is -0.665. The van der Waals surface area contributed by atoms with Crippen LogP contribution in [-0.2, 0) is 13.0 Å². The zero-order chi connectivity index (χ0) is 21.4. The second-order valence-corrected chi connectivity index (χ2v) is 6.93. The van der Waals surface area contributed by atoms with Crippen molar-refractivity contribution < 1.29 is 19.5 Å². The van der Waals surface area contributed by atoms with Gasteiger partial charge >= 0.3 is 5.69 Å². The molecule has 158 valence electrons. The number of aryl methyl sites for hydroxylation is 1. The minimum absolute atomic E-state index is 0.0193. The number of hydrogen-bond donors (Lipinski definition) is 3. The second-order valence-electron chi connectivity index (χ2n) is 6.93. The van der Waals surface area contributed by atoms with Crippen LogP contribution in [-0.4, -0.2) is 62.3 Å². The second kappa shape index (κ2) is 10.5. The number of aromatic nitrogens is 2. The van der Waals surface area contributed by atoms with E-state index >= 15 is 0 Å². The number of methoxy groups -OCH3 is 2. The third kappa shape index (κ3) is 5.95. The summed E-state index contributed by atoms with van der Waals surface area (Å²) in [5.74, 6) is 0.798. The summed E-state index contributed by atoms with van der Waals surface area (Å²) in [6.45, 7) is 1.67. The molecular weight excluding hydrogens is 376 g/mol. The summed E-state index contributed by atoms with van der Waals surface area (Å²) in [4.78, 5) is 32.0. The molecule has 29 heavy (non-hydrogen) atoms. The highest BCUT2D eigenvalue weighted by molar-refractivity contribution is 5.81. The Labute approximate surface area is 169 Å². The van der Waals surface area contributed by atoms with Crippen LogP contribution in [0.5, 0.6) is 17.4 Å². The number of rotatable bonds is 10. The van der Waals surface area contributed by atoms with Gasteiger partial charge in [-0.25, -0.2) is 4.79 Å². The largest absolute Gasteiger partial charge is 0.494 e. The molecular formula is C20H29N4O5+. The molecule has 0 aliphatic heterocycles. The first kappa shape index (κ1) is 22.2. The molecule has 9 heteroatoms. The lowest BCUT2D eigenvalue weighted by molar-refractivity contribution is -0.858. The van der Waals surface area contributed by atoms with Crippen molar-refractivity contribution in [2.24, 2.45) is 4.99 Å². The maximum absolute atomic E-state index is 12.2. The van der Waals surface area contributed by atoms with Crippen LogP contribution in [0, 0.1) is 0 Å². The average Bonchev–Trinajstić information content (AvgIpc) is 2.69. The van der Waals surface area contributed by atoms with Crippen LogP contribution in [0.4, 0.5) is 0 Å². The summed E-state index contributed by atoms with van der Waals surface area (Å²) in [6.07, 6.45) is 2.63. The number of benzene rings is 1. The third-order valence-electron chi connectivity index (χ3n) is 4.46. The highest BCUT2D eigenvalue weighted by Crippen LogP contribution is 2.27. The summed E-state index contributed by atoms with van der Waals surface area (Å²) in [5.41, 5.74) is -0.450. The number of H-pyrrole nitrogens is 1. The molecule has 1 heterocycles. The van der Waals surface area contributed by atoms with Gasteiger partial charge in [-0.1, -0.05) is 6.07 Å². The van der Waals surface area contributed by atoms with Crippen LogP contribution in [0.15, 0.2) is 32.8 Å². The fraction of sp³-hybridized carbons (Fsp3) is 0.450. The molecule has 1 aromatic carbocycles. The van der Waals surface area contributed by atoms with E-state index < -0.39 is 11.2 Å². The molecule has 0 atom stereocenters. The number of nitrogens with one attached hydrogen (secondary N) is 2. The topological polar surface area (TPSA) is 110 Å². The molecule has 0 aliphatic carbocycles. The normalized spacial score (nSPS) is 11.3. The van der Waals surface area contributed by atoms with Gasteiger partial charge in [-0.3, -0.25) is 19.3 Å². The molecule has 1 aromatic heterocycles. The highest BCUT2D eigenvalue weighted by Gasteiger charge is 2.13. The van der Waals surface area contributed by atoms with E-state index in [1.807, 2.05) is 12.1 Å². The van der Waals surface area contributed by atoms with E-state index in [9.17, 15) is 14.7 Å². The number of aromatic amines is 1. The molecule has 9 nitrogen and oxygen atoms in total. The smallest absolute Gasteiger partial charge is 0.331 e. The lowest BCUT2D eigenvalue weighted by atomic mass is 10.1. The summed E-state index contributed by atoms with van der Waals surface area (Å²) < 4.78 is 11.6. The Morgan fingerprint density at radius 3 is 2.59 bits per heavy atom. The van der Waals surface area contributed by atoms with Crippen molar-refractivity contribution >= 4 is 6.21 Å². The zero-order valence-electron chi connectivity index (χ0n) is 17.3. The molecule has 0 unspecified atom stereocenters. The lowest BCUT2D eigenvalue weighted by Gasteiger charge is -2.12.